The number of benzene rings is 1. The Morgan fingerprint density at radius 1 is 0.547 bits per heavy atom. The lowest BCUT2D eigenvalue weighted by Gasteiger charge is -2.48. The minimum Gasteiger partial charge on any atom is -0.463 e. The molecule has 10 atom stereocenters. The molecule has 1 aromatic carbocycles. The Morgan fingerprint density at radius 3 is 1.36 bits per heavy atom. The van der Waals surface area contributed by atoms with Crippen molar-refractivity contribution in [3.05, 3.63) is 34.4 Å². The highest BCUT2D eigenvalue weighted by Crippen LogP contribution is 2.36. The van der Waals surface area contributed by atoms with Crippen LogP contribution in [0.1, 0.15) is 48.5 Å². The number of carbonyl (C=O) groups is 7. The molecule has 21 nitrogen and oxygen atoms in total. The van der Waals surface area contributed by atoms with Crippen LogP contribution in [0.3, 0.4) is 0 Å². The molecule has 0 aromatic heterocycles. The van der Waals surface area contributed by atoms with Crippen molar-refractivity contribution in [2.24, 2.45) is 0 Å². The third-order valence-electron chi connectivity index (χ3n) is 7.19. The van der Waals surface area contributed by atoms with E-state index < -0.39 is 121 Å². The second-order valence-corrected chi connectivity index (χ2v) is 11.5. The van der Waals surface area contributed by atoms with E-state index in [9.17, 15) is 43.7 Å². The van der Waals surface area contributed by atoms with E-state index in [1.807, 2.05) is 0 Å². The molecule has 0 unspecified atom stereocenters. The van der Waals surface area contributed by atoms with E-state index in [2.05, 4.69) is 0 Å². The first-order chi connectivity index (χ1) is 24.9. The molecule has 53 heavy (non-hydrogen) atoms. The molecule has 0 spiro atoms. The predicted molar refractivity (Wildman–Crippen MR) is 167 cm³/mol. The van der Waals surface area contributed by atoms with Gasteiger partial charge >= 0.3 is 41.8 Å². The third-order valence-corrected chi connectivity index (χ3v) is 7.19. The number of ether oxygens (including phenoxy) is 11. The van der Waals surface area contributed by atoms with Crippen molar-refractivity contribution in [2.75, 3.05) is 13.2 Å². The van der Waals surface area contributed by atoms with Gasteiger partial charge in [-0.2, -0.15) is 0 Å². The van der Waals surface area contributed by atoms with Crippen molar-refractivity contribution >= 4 is 47.5 Å². The fraction of sp³-hybridized carbons (Fsp3) is 0.594. The first-order valence-corrected chi connectivity index (χ1v) is 15.9. The maximum absolute atomic E-state index is 12.5. The third kappa shape index (κ3) is 12.4. The van der Waals surface area contributed by atoms with E-state index in [0.717, 1.165) is 60.6 Å². The summed E-state index contributed by atoms with van der Waals surface area (Å²) in [6, 6.07) is 4.67. The van der Waals surface area contributed by atoms with Crippen LogP contribution in [0.4, 0.5) is 5.69 Å². The van der Waals surface area contributed by atoms with Crippen LogP contribution in [-0.4, -0.2) is 121 Å². The summed E-state index contributed by atoms with van der Waals surface area (Å²) in [5.41, 5.74) is -0.276. The molecule has 2 aliphatic heterocycles. The van der Waals surface area contributed by atoms with Gasteiger partial charge in [0.05, 0.1) is 4.92 Å². The monoisotopic (exact) mass is 757 g/mol. The number of carbonyl (C=O) groups excluding carboxylic acids is 7. The smallest absolute Gasteiger partial charge is 0.303 e. The molecule has 3 rings (SSSR count). The summed E-state index contributed by atoms with van der Waals surface area (Å²) < 4.78 is 61.9. The molecule has 0 amide bonds. The second-order valence-electron chi connectivity index (χ2n) is 11.5. The zero-order chi connectivity index (χ0) is 39.6. The highest BCUT2D eigenvalue weighted by Gasteiger charge is 2.58. The fourth-order valence-corrected chi connectivity index (χ4v) is 5.35. The van der Waals surface area contributed by atoms with Crippen molar-refractivity contribution in [1.82, 2.24) is 0 Å². The standard InChI is InChI=1S/C32H39NO20/c1-14(34)43-12-23-25(45-16(3)36)27(46-17(4)37)30(49-20(7)40)32(52-23)53-26-24(13-44-15(2)35)51-31(29(48-19(6)39)28(26)47-18(5)38)50-22-10-8-21(9-11-22)33(41)42/h8-11,23-32H,12-13H2,1-7H3/t23-,24-,25+,26+,27+,28+,29-,30-,31-,32+/m1/s1. The van der Waals surface area contributed by atoms with Crippen LogP contribution >= 0.6 is 0 Å². The van der Waals surface area contributed by atoms with E-state index in [1.165, 1.54) is 12.1 Å². The van der Waals surface area contributed by atoms with E-state index >= 15 is 0 Å². The number of rotatable bonds is 14. The molecule has 0 aliphatic carbocycles. The Labute approximate surface area is 301 Å². The molecule has 2 saturated heterocycles. The molecule has 21 heteroatoms. The molecule has 292 valence electrons. The Bertz CT molecular complexity index is 1530. The molecule has 2 aliphatic rings. The molecule has 2 heterocycles. The Hall–Kier alpha value is -5.41. The van der Waals surface area contributed by atoms with Crippen molar-refractivity contribution in [3.8, 4) is 5.75 Å². The zero-order valence-corrected chi connectivity index (χ0v) is 29.6. The minimum atomic E-state index is -1.85. The quantitative estimate of drug-likeness (QED) is 0.109. The molecule has 0 radical (unpaired) electrons. The Morgan fingerprint density at radius 2 is 0.925 bits per heavy atom. The highest BCUT2D eigenvalue weighted by molar-refractivity contribution is 5.69. The fourth-order valence-electron chi connectivity index (χ4n) is 5.35. The van der Waals surface area contributed by atoms with Gasteiger partial charge in [-0.05, 0) is 12.1 Å². The van der Waals surface area contributed by atoms with Gasteiger partial charge < -0.3 is 52.1 Å². The molecule has 0 N–H and O–H groups in total. The van der Waals surface area contributed by atoms with Crippen LogP contribution in [0.2, 0.25) is 0 Å². The number of esters is 7. The second kappa shape index (κ2) is 18.9. The van der Waals surface area contributed by atoms with Crippen molar-refractivity contribution in [2.45, 2.75) is 110 Å². The lowest BCUT2D eigenvalue weighted by molar-refractivity contribution is -0.384. The highest BCUT2D eigenvalue weighted by atomic mass is 16.8. The van der Waals surface area contributed by atoms with Gasteiger partial charge in [0.15, 0.2) is 30.7 Å². The van der Waals surface area contributed by atoms with Crippen molar-refractivity contribution < 1.29 is 90.6 Å². The number of non-ortho nitro benzene ring substituents is 1. The van der Waals surface area contributed by atoms with Gasteiger partial charge in [0.2, 0.25) is 12.4 Å². The van der Waals surface area contributed by atoms with E-state index in [-0.39, 0.29) is 11.4 Å². The number of nitrogens with zero attached hydrogens (tertiary/aromatic N) is 1. The van der Waals surface area contributed by atoms with Gasteiger partial charge in [0.1, 0.15) is 37.3 Å². The van der Waals surface area contributed by atoms with Gasteiger partial charge in [-0.15, -0.1) is 0 Å². The van der Waals surface area contributed by atoms with Crippen molar-refractivity contribution in [3.63, 3.8) is 0 Å². The SMILES string of the molecule is CC(=O)OC[C@H]1O[C@@H](O[C@@H]2[C@H](OC(C)=O)[C@@H](OC(C)=O)[C@H](Oc3ccc([N+](=O)[O-])cc3)O[C@@H]2COC(C)=O)[C@H](OC(C)=O)[C@@H](OC(C)=O)[C@H]1OC(C)=O. The Kier molecular flexibility index (Phi) is 15.0. The normalized spacial score (nSPS) is 27.9. The topological polar surface area (TPSA) is 264 Å². The van der Waals surface area contributed by atoms with Crippen LogP contribution in [-0.2, 0) is 80.9 Å². The molecule has 2 fully saturated rings. The van der Waals surface area contributed by atoms with E-state index in [4.69, 9.17) is 52.1 Å². The van der Waals surface area contributed by atoms with Crippen LogP contribution in [0, 0.1) is 10.1 Å². The first-order valence-electron chi connectivity index (χ1n) is 15.9. The summed E-state index contributed by atoms with van der Waals surface area (Å²) in [7, 11) is 0. The van der Waals surface area contributed by atoms with Gasteiger partial charge in [-0.3, -0.25) is 43.7 Å². The molecular weight excluding hydrogens is 718 g/mol. The van der Waals surface area contributed by atoms with Gasteiger partial charge in [0.25, 0.3) is 5.69 Å². The van der Waals surface area contributed by atoms with E-state index in [1.54, 1.807) is 0 Å². The Balaban J connectivity index is 2.16. The number of hydrogen-bond donors (Lipinski definition) is 0. The van der Waals surface area contributed by atoms with Crippen LogP contribution in [0.5, 0.6) is 5.75 Å². The average Bonchev–Trinajstić information content (AvgIpc) is 3.03. The number of nitro benzene ring substituents is 1. The van der Waals surface area contributed by atoms with Crippen LogP contribution in [0.25, 0.3) is 0 Å². The van der Waals surface area contributed by atoms with Gasteiger partial charge in [0, 0.05) is 60.6 Å². The summed E-state index contributed by atoms with van der Waals surface area (Å²) in [5, 5.41) is 11.2. The van der Waals surface area contributed by atoms with Crippen molar-refractivity contribution in [1.29, 1.82) is 0 Å². The molecule has 0 saturated carbocycles. The molecule has 0 bridgehead atoms. The summed E-state index contributed by atoms with van der Waals surface area (Å²) in [5.74, 6) is -6.22. The zero-order valence-electron chi connectivity index (χ0n) is 29.6. The maximum atomic E-state index is 12.5. The number of hydrogen-bond acceptors (Lipinski definition) is 20. The maximum Gasteiger partial charge on any atom is 0.303 e. The van der Waals surface area contributed by atoms with Gasteiger partial charge in [-0.25, -0.2) is 0 Å². The lowest BCUT2D eigenvalue weighted by Crippen LogP contribution is -2.67. The molecule has 1 aromatic rings. The predicted octanol–water partition coefficient (Wildman–Crippen LogP) is 0.593. The van der Waals surface area contributed by atoms with Crippen LogP contribution < -0.4 is 4.74 Å². The molecular formula is C32H39NO20. The summed E-state index contributed by atoms with van der Waals surface area (Å²) in [4.78, 5) is 96.0. The minimum absolute atomic E-state index is 0.0236. The van der Waals surface area contributed by atoms with Crippen LogP contribution in [0.15, 0.2) is 24.3 Å². The average molecular weight is 758 g/mol. The largest absolute Gasteiger partial charge is 0.463 e. The number of nitro groups is 1. The van der Waals surface area contributed by atoms with Gasteiger partial charge in [-0.1, -0.05) is 0 Å². The van der Waals surface area contributed by atoms with E-state index in [0.29, 0.717) is 0 Å². The summed E-state index contributed by atoms with van der Waals surface area (Å²) in [6.45, 7) is 6.00. The summed E-state index contributed by atoms with van der Waals surface area (Å²) in [6.07, 6.45) is -16.4. The first kappa shape index (κ1) is 42.0. The summed E-state index contributed by atoms with van der Waals surface area (Å²) >= 11 is 0. The lowest BCUT2D eigenvalue weighted by atomic mass is 9.96.